The van der Waals surface area contributed by atoms with E-state index in [1.54, 1.807) is 11.8 Å². The number of amides is 1. The summed E-state index contributed by atoms with van der Waals surface area (Å²) in [7, 11) is 0. The van der Waals surface area contributed by atoms with Crippen LogP contribution < -0.4 is 11.3 Å². The van der Waals surface area contributed by atoms with Gasteiger partial charge in [-0.15, -0.1) is 11.8 Å². The molecule has 4 heteroatoms. The van der Waals surface area contributed by atoms with Crippen LogP contribution >= 0.6 is 11.8 Å². The molecular formula is C9H12N2OS. The highest BCUT2D eigenvalue weighted by molar-refractivity contribution is 7.99. The Labute approximate surface area is 81.7 Å². The summed E-state index contributed by atoms with van der Waals surface area (Å²) in [6.07, 6.45) is 0. The number of hydrazine groups is 1. The summed E-state index contributed by atoms with van der Waals surface area (Å²) in [5, 5.41) is 0. The molecule has 1 aromatic carbocycles. The zero-order chi connectivity index (χ0) is 9.52. The Morgan fingerprint density at radius 3 is 2.69 bits per heavy atom. The van der Waals surface area contributed by atoms with Gasteiger partial charge in [-0.05, 0) is 5.56 Å². The second kappa shape index (κ2) is 5.61. The SMILES string of the molecule is NNC(=O)CSCc1ccccc1. The summed E-state index contributed by atoms with van der Waals surface area (Å²) in [6.45, 7) is 0. The highest BCUT2D eigenvalue weighted by Gasteiger charge is 1.98. The van der Waals surface area contributed by atoms with Gasteiger partial charge in [-0.25, -0.2) is 5.84 Å². The van der Waals surface area contributed by atoms with Crippen LogP contribution in [0.15, 0.2) is 30.3 Å². The quantitative estimate of drug-likeness (QED) is 0.427. The van der Waals surface area contributed by atoms with Crippen molar-refractivity contribution in [3.05, 3.63) is 35.9 Å². The third-order valence-corrected chi connectivity index (χ3v) is 2.51. The lowest BCUT2D eigenvalue weighted by Crippen LogP contribution is -2.31. The van der Waals surface area contributed by atoms with E-state index in [0.29, 0.717) is 5.75 Å². The van der Waals surface area contributed by atoms with Gasteiger partial charge in [0.1, 0.15) is 0 Å². The van der Waals surface area contributed by atoms with E-state index < -0.39 is 0 Å². The predicted octanol–water partition coefficient (Wildman–Crippen LogP) is 0.910. The van der Waals surface area contributed by atoms with E-state index in [1.807, 2.05) is 30.3 Å². The lowest BCUT2D eigenvalue weighted by molar-refractivity contribution is -0.118. The number of rotatable bonds is 4. The van der Waals surface area contributed by atoms with Gasteiger partial charge in [0.25, 0.3) is 0 Å². The minimum Gasteiger partial charge on any atom is -0.294 e. The number of hydrogen-bond donors (Lipinski definition) is 2. The zero-order valence-electron chi connectivity index (χ0n) is 7.19. The van der Waals surface area contributed by atoms with E-state index >= 15 is 0 Å². The molecule has 0 bridgehead atoms. The van der Waals surface area contributed by atoms with E-state index in [4.69, 9.17) is 5.84 Å². The van der Waals surface area contributed by atoms with Crippen LogP contribution in [0.3, 0.4) is 0 Å². The molecule has 70 valence electrons. The number of nitrogens with two attached hydrogens (primary N) is 1. The maximum atomic E-state index is 10.7. The van der Waals surface area contributed by atoms with Crippen molar-refractivity contribution in [1.82, 2.24) is 5.43 Å². The minimum atomic E-state index is -0.138. The van der Waals surface area contributed by atoms with Crippen LogP contribution in [0.4, 0.5) is 0 Å². The van der Waals surface area contributed by atoms with Gasteiger partial charge in [-0.2, -0.15) is 0 Å². The average molecular weight is 196 g/mol. The Morgan fingerprint density at radius 1 is 1.38 bits per heavy atom. The molecule has 0 aromatic heterocycles. The molecule has 0 radical (unpaired) electrons. The molecule has 1 amide bonds. The molecule has 0 heterocycles. The summed E-state index contributed by atoms with van der Waals surface area (Å²) in [6, 6.07) is 10.0. The molecule has 3 N–H and O–H groups in total. The van der Waals surface area contributed by atoms with Gasteiger partial charge in [0, 0.05) is 5.75 Å². The highest BCUT2D eigenvalue weighted by Crippen LogP contribution is 2.10. The van der Waals surface area contributed by atoms with Crippen molar-refractivity contribution in [3.8, 4) is 0 Å². The maximum Gasteiger partial charge on any atom is 0.243 e. The summed E-state index contributed by atoms with van der Waals surface area (Å²) < 4.78 is 0. The molecule has 0 saturated heterocycles. The van der Waals surface area contributed by atoms with Crippen LogP contribution in [0.5, 0.6) is 0 Å². The number of carbonyl (C=O) groups is 1. The van der Waals surface area contributed by atoms with Crippen LogP contribution in [0.2, 0.25) is 0 Å². The third-order valence-electron chi connectivity index (χ3n) is 1.51. The first kappa shape index (κ1) is 10.1. The first-order valence-electron chi connectivity index (χ1n) is 3.94. The van der Waals surface area contributed by atoms with Crippen LogP contribution in [0, 0.1) is 0 Å². The standard InChI is InChI=1S/C9H12N2OS/c10-11-9(12)7-13-6-8-4-2-1-3-5-8/h1-5H,6-7,10H2,(H,11,12). The lowest BCUT2D eigenvalue weighted by atomic mass is 10.2. The minimum absolute atomic E-state index is 0.138. The van der Waals surface area contributed by atoms with Crippen LogP contribution in [-0.4, -0.2) is 11.7 Å². The number of hydrogen-bond acceptors (Lipinski definition) is 3. The normalized spacial score (nSPS) is 9.62. The summed E-state index contributed by atoms with van der Waals surface area (Å²) >= 11 is 1.55. The first-order valence-corrected chi connectivity index (χ1v) is 5.09. The number of nitrogens with one attached hydrogen (secondary N) is 1. The van der Waals surface area contributed by atoms with Gasteiger partial charge in [0.2, 0.25) is 5.91 Å². The van der Waals surface area contributed by atoms with Crippen molar-refractivity contribution >= 4 is 17.7 Å². The Bertz CT molecular complexity index is 264. The van der Waals surface area contributed by atoms with Gasteiger partial charge in [-0.3, -0.25) is 10.2 Å². The molecule has 0 aliphatic rings. The smallest absolute Gasteiger partial charge is 0.243 e. The van der Waals surface area contributed by atoms with Gasteiger partial charge in [0.05, 0.1) is 5.75 Å². The fourth-order valence-electron chi connectivity index (χ4n) is 0.877. The van der Waals surface area contributed by atoms with Gasteiger partial charge >= 0.3 is 0 Å². The molecule has 0 aliphatic heterocycles. The van der Waals surface area contributed by atoms with Crippen molar-refractivity contribution in [3.63, 3.8) is 0 Å². The van der Waals surface area contributed by atoms with E-state index in [9.17, 15) is 4.79 Å². The Kier molecular flexibility index (Phi) is 4.35. The third kappa shape index (κ3) is 3.96. The van der Waals surface area contributed by atoms with Crippen molar-refractivity contribution < 1.29 is 4.79 Å². The van der Waals surface area contributed by atoms with Crippen molar-refractivity contribution in [2.75, 3.05) is 5.75 Å². The largest absolute Gasteiger partial charge is 0.294 e. The van der Waals surface area contributed by atoms with E-state index in [2.05, 4.69) is 5.43 Å². The Balaban J connectivity index is 2.24. The van der Waals surface area contributed by atoms with Crippen molar-refractivity contribution in [2.24, 2.45) is 5.84 Å². The van der Waals surface area contributed by atoms with Crippen LogP contribution in [0.25, 0.3) is 0 Å². The maximum absolute atomic E-state index is 10.7. The van der Waals surface area contributed by atoms with E-state index in [1.165, 1.54) is 5.56 Å². The average Bonchev–Trinajstić information content (AvgIpc) is 2.19. The monoisotopic (exact) mass is 196 g/mol. The number of benzene rings is 1. The molecule has 0 aliphatic carbocycles. The molecule has 1 aromatic rings. The summed E-state index contributed by atoms with van der Waals surface area (Å²) in [4.78, 5) is 10.7. The molecule has 3 nitrogen and oxygen atoms in total. The predicted molar refractivity (Wildman–Crippen MR) is 54.9 cm³/mol. The van der Waals surface area contributed by atoms with Gasteiger partial charge < -0.3 is 0 Å². The highest BCUT2D eigenvalue weighted by atomic mass is 32.2. The summed E-state index contributed by atoms with van der Waals surface area (Å²) in [5.74, 6) is 6.05. The molecule has 0 saturated carbocycles. The topological polar surface area (TPSA) is 55.1 Å². The molecule has 0 atom stereocenters. The van der Waals surface area contributed by atoms with E-state index in [-0.39, 0.29) is 5.91 Å². The van der Waals surface area contributed by atoms with Crippen LogP contribution in [0.1, 0.15) is 5.56 Å². The fourth-order valence-corrected chi connectivity index (χ4v) is 1.68. The molecule has 0 fully saturated rings. The van der Waals surface area contributed by atoms with Gasteiger partial charge in [0.15, 0.2) is 0 Å². The number of thioether (sulfide) groups is 1. The molecule has 0 unspecified atom stereocenters. The second-order valence-electron chi connectivity index (χ2n) is 2.55. The molecule has 1 rings (SSSR count). The number of carbonyl (C=O) groups excluding carboxylic acids is 1. The zero-order valence-corrected chi connectivity index (χ0v) is 8.01. The van der Waals surface area contributed by atoms with Crippen LogP contribution in [-0.2, 0) is 10.5 Å². The fraction of sp³-hybridized carbons (Fsp3) is 0.222. The molecular weight excluding hydrogens is 184 g/mol. The molecule has 0 spiro atoms. The first-order chi connectivity index (χ1) is 6.33. The van der Waals surface area contributed by atoms with E-state index in [0.717, 1.165) is 5.75 Å². The lowest BCUT2D eigenvalue weighted by Gasteiger charge is -2.00. The summed E-state index contributed by atoms with van der Waals surface area (Å²) in [5.41, 5.74) is 3.31. The molecule has 13 heavy (non-hydrogen) atoms. The Hall–Kier alpha value is -1.00. The van der Waals surface area contributed by atoms with Gasteiger partial charge in [-0.1, -0.05) is 30.3 Å². The van der Waals surface area contributed by atoms with Crippen molar-refractivity contribution in [1.29, 1.82) is 0 Å². The second-order valence-corrected chi connectivity index (χ2v) is 3.53. The Morgan fingerprint density at radius 2 is 2.08 bits per heavy atom. The van der Waals surface area contributed by atoms with Crippen molar-refractivity contribution in [2.45, 2.75) is 5.75 Å².